The Morgan fingerprint density at radius 2 is 1.76 bits per heavy atom. The number of carbonyl (C=O) groups is 1. The maximum absolute atomic E-state index is 12.5. The predicted octanol–water partition coefficient (Wildman–Crippen LogP) is 7.82. The molecule has 4 aromatic carbocycles. The highest BCUT2D eigenvalue weighted by molar-refractivity contribution is 7.21. The van der Waals surface area contributed by atoms with Crippen molar-refractivity contribution < 1.29 is 14.3 Å². The summed E-state index contributed by atoms with van der Waals surface area (Å²) >= 11 is 1.67. The molecule has 0 aliphatic carbocycles. The summed E-state index contributed by atoms with van der Waals surface area (Å²) in [6, 6.07) is 27.7. The third kappa shape index (κ3) is 5.93. The van der Waals surface area contributed by atoms with Gasteiger partial charge in [-0.2, -0.15) is 0 Å². The minimum absolute atomic E-state index is 0.216. The number of thiazole rings is 1. The number of ether oxygens (including phenoxy) is 2. The van der Waals surface area contributed by atoms with Crippen LogP contribution in [0.2, 0.25) is 0 Å². The zero-order valence-corrected chi connectivity index (χ0v) is 22.3. The molecule has 0 saturated carbocycles. The average molecular weight is 521 g/mol. The number of amides is 1. The summed E-state index contributed by atoms with van der Waals surface area (Å²) in [5, 5.41) is 3.87. The molecular formula is C32H28N2O3S. The summed E-state index contributed by atoms with van der Waals surface area (Å²) in [7, 11) is 1.61. The number of hydrogen-bond donors (Lipinski definition) is 1. The van der Waals surface area contributed by atoms with Crippen molar-refractivity contribution in [3.05, 3.63) is 113 Å². The van der Waals surface area contributed by atoms with Gasteiger partial charge in [-0.3, -0.25) is 4.79 Å². The lowest BCUT2D eigenvalue weighted by Gasteiger charge is -2.12. The second-order valence-corrected chi connectivity index (χ2v) is 10.0. The number of nitrogens with zero attached hydrogens (tertiary/aromatic N) is 1. The SMILES string of the molecule is COc1cc(C=CC(=O)Nc2ccc(-c3nc4ccc(C)cc4s3)cc2)ccc1OCc1ccccc1C. The lowest BCUT2D eigenvalue weighted by molar-refractivity contribution is -0.111. The quantitative estimate of drug-likeness (QED) is 0.212. The summed E-state index contributed by atoms with van der Waals surface area (Å²) in [5.74, 6) is 1.05. The van der Waals surface area contributed by atoms with E-state index in [2.05, 4.69) is 37.4 Å². The number of benzene rings is 4. The van der Waals surface area contributed by atoms with E-state index in [4.69, 9.17) is 14.5 Å². The van der Waals surface area contributed by atoms with Crippen molar-refractivity contribution in [2.24, 2.45) is 0 Å². The maximum Gasteiger partial charge on any atom is 0.248 e. The Balaban J connectivity index is 1.21. The summed E-state index contributed by atoms with van der Waals surface area (Å²) in [6.45, 7) is 4.60. The summed E-state index contributed by atoms with van der Waals surface area (Å²) in [4.78, 5) is 17.3. The molecule has 1 amide bonds. The summed E-state index contributed by atoms with van der Waals surface area (Å²) in [6.07, 6.45) is 3.26. The van der Waals surface area contributed by atoms with Crippen LogP contribution in [-0.2, 0) is 11.4 Å². The number of carbonyl (C=O) groups excluding carboxylic acids is 1. The predicted molar refractivity (Wildman–Crippen MR) is 156 cm³/mol. The first-order chi connectivity index (χ1) is 18.5. The molecule has 0 saturated heterocycles. The second kappa shape index (κ2) is 11.3. The van der Waals surface area contributed by atoms with Crippen molar-refractivity contribution in [1.82, 2.24) is 4.98 Å². The standard InChI is InChI=1S/C32H28N2O3S/c1-21-8-15-27-30(18-21)38-32(34-27)24-11-13-26(14-12-24)33-31(35)17-10-23-9-16-28(29(19-23)36-3)37-20-25-7-5-4-6-22(25)2/h4-19H,20H2,1-3H3,(H,33,35). The fourth-order valence-corrected chi connectivity index (χ4v) is 5.11. The number of aromatic nitrogens is 1. The van der Waals surface area contributed by atoms with E-state index in [1.54, 1.807) is 24.5 Å². The van der Waals surface area contributed by atoms with Crippen LogP contribution in [0.15, 0.2) is 91.0 Å². The molecule has 0 unspecified atom stereocenters. The van der Waals surface area contributed by atoms with Crippen LogP contribution in [0.1, 0.15) is 22.3 Å². The minimum Gasteiger partial charge on any atom is -0.493 e. The Bertz CT molecular complexity index is 1620. The largest absolute Gasteiger partial charge is 0.493 e. The molecule has 1 aromatic heterocycles. The van der Waals surface area contributed by atoms with Gasteiger partial charge in [-0.25, -0.2) is 4.98 Å². The van der Waals surface area contributed by atoms with Gasteiger partial charge in [0.1, 0.15) is 11.6 Å². The zero-order valence-electron chi connectivity index (χ0n) is 21.5. The van der Waals surface area contributed by atoms with Gasteiger partial charge >= 0.3 is 0 Å². The van der Waals surface area contributed by atoms with Crippen molar-refractivity contribution in [2.45, 2.75) is 20.5 Å². The van der Waals surface area contributed by atoms with Gasteiger partial charge in [-0.05, 0) is 90.7 Å². The molecule has 6 heteroatoms. The number of nitrogens with one attached hydrogen (secondary N) is 1. The molecule has 190 valence electrons. The van der Waals surface area contributed by atoms with E-state index < -0.39 is 0 Å². The monoisotopic (exact) mass is 520 g/mol. The van der Waals surface area contributed by atoms with Gasteiger partial charge in [0.15, 0.2) is 11.5 Å². The molecule has 0 radical (unpaired) electrons. The highest BCUT2D eigenvalue weighted by atomic mass is 32.1. The third-order valence-corrected chi connectivity index (χ3v) is 7.27. The lowest BCUT2D eigenvalue weighted by atomic mass is 10.1. The molecule has 0 atom stereocenters. The molecule has 1 heterocycles. The van der Waals surface area contributed by atoms with Crippen molar-refractivity contribution in [3.63, 3.8) is 0 Å². The number of fused-ring (bicyclic) bond motifs is 1. The molecule has 5 aromatic rings. The van der Waals surface area contributed by atoms with E-state index in [-0.39, 0.29) is 5.91 Å². The van der Waals surface area contributed by atoms with Crippen LogP contribution in [-0.4, -0.2) is 18.0 Å². The van der Waals surface area contributed by atoms with Crippen LogP contribution >= 0.6 is 11.3 Å². The molecule has 0 aliphatic rings. The highest BCUT2D eigenvalue weighted by Crippen LogP contribution is 2.32. The van der Waals surface area contributed by atoms with Crippen molar-refractivity contribution in [3.8, 4) is 22.1 Å². The molecule has 1 N–H and O–H groups in total. The number of rotatable bonds is 8. The topological polar surface area (TPSA) is 60.5 Å². The molecule has 0 spiro atoms. The van der Waals surface area contributed by atoms with Gasteiger partial charge in [0.25, 0.3) is 0 Å². The van der Waals surface area contributed by atoms with Crippen LogP contribution in [0.5, 0.6) is 11.5 Å². The van der Waals surface area contributed by atoms with Crippen LogP contribution < -0.4 is 14.8 Å². The van der Waals surface area contributed by atoms with Gasteiger partial charge < -0.3 is 14.8 Å². The smallest absolute Gasteiger partial charge is 0.248 e. The fourth-order valence-electron chi connectivity index (χ4n) is 4.04. The third-order valence-electron chi connectivity index (χ3n) is 6.20. The van der Waals surface area contributed by atoms with Crippen molar-refractivity contribution in [1.29, 1.82) is 0 Å². The van der Waals surface area contributed by atoms with E-state index in [0.717, 1.165) is 32.9 Å². The van der Waals surface area contributed by atoms with Crippen LogP contribution in [0.3, 0.4) is 0 Å². The fraction of sp³-hybridized carbons (Fsp3) is 0.125. The molecule has 0 fully saturated rings. The first-order valence-electron chi connectivity index (χ1n) is 12.3. The Hall–Kier alpha value is -4.42. The van der Waals surface area contributed by atoms with Gasteiger partial charge in [0.05, 0.1) is 17.3 Å². The maximum atomic E-state index is 12.5. The Labute approximate surface area is 226 Å². The first kappa shape index (κ1) is 25.2. The Morgan fingerprint density at radius 1 is 0.947 bits per heavy atom. The number of anilines is 1. The van der Waals surface area contributed by atoms with Crippen molar-refractivity contribution >= 4 is 39.2 Å². The van der Waals surface area contributed by atoms with Crippen LogP contribution in [0, 0.1) is 13.8 Å². The molecule has 0 aliphatic heterocycles. The van der Waals surface area contributed by atoms with E-state index in [1.165, 1.54) is 21.9 Å². The molecule has 0 bridgehead atoms. The van der Waals surface area contributed by atoms with Crippen LogP contribution in [0.25, 0.3) is 26.9 Å². The lowest BCUT2D eigenvalue weighted by Crippen LogP contribution is -2.07. The number of hydrogen-bond acceptors (Lipinski definition) is 5. The summed E-state index contributed by atoms with van der Waals surface area (Å²) < 4.78 is 12.7. The van der Waals surface area contributed by atoms with Gasteiger partial charge in [-0.1, -0.05) is 36.4 Å². The average Bonchev–Trinajstić information content (AvgIpc) is 3.35. The number of aryl methyl sites for hydroxylation is 2. The first-order valence-corrected chi connectivity index (χ1v) is 13.1. The van der Waals surface area contributed by atoms with E-state index >= 15 is 0 Å². The van der Waals surface area contributed by atoms with Crippen molar-refractivity contribution in [2.75, 3.05) is 12.4 Å². The normalized spacial score (nSPS) is 11.1. The van der Waals surface area contributed by atoms with E-state index in [1.807, 2.05) is 66.7 Å². The summed E-state index contributed by atoms with van der Waals surface area (Å²) in [5.41, 5.74) is 7.10. The second-order valence-electron chi connectivity index (χ2n) is 9.02. The van der Waals surface area contributed by atoms with Gasteiger partial charge in [-0.15, -0.1) is 11.3 Å². The molecular weight excluding hydrogens is 492 g/mol. The molecule has 5 rings (SSSR count). The number of methoxy groups -OCH3 is 1. The zero-order chi connectivity index (χ0) is 26.5. The van der Waals surface area contributed by atoms with Gasteiger partial charge in [0.2, 0.25) is 5.91 Å². The van der Waals surface area contributed by atoms with E-state index in [0.29, 0.717) is 18.1 Å². The van der Waals surface area contributed by atoms with Gasteiger partial charge in [0, 0.05) is 17.3 Å². The van der Waals surface area contributed by atoms with E-state index in [9.17, 15) is 4.79 Å². The van der Waals surface area contributed by atoms with Crippen LogP contribution in [0.4, 0.5) is 5.69 Å². The molecule has 38 heavy (non-hydrogen) atoms. The highest BCUT2D eigenvalue weighted by Gasteiger charge is 2.09. The molecule has 5 nitrogen and oxygen atoms in total. The Kier molecular flexibility index (Phi) is 7.52. The Morgan fingerprint density at radius 3 is 2.55 bits per heavy atom. The minimum atomic E-state index is -0.216.